The highest BCUT2D eigenvalue weighted by atomic mass is 35.5. The van der Waals surface area contributed by atoms with E-state index in [-0.39, 0.29) is 47.3 Å². The number of benzene rings is 3. The van der Waals surface area contributed by atoms with E-state index in [1.807, 2.05) is 23.1 Å². The molecule has 0 saturated carbocycles. The van der Waals surface area contributed by atoms with Crippen LogP contribution < -0.4 is 16.4 Å². The number of fused-ring (bicyclic) bond motifs is 1. The second-order valence-corrected chi connectivity index (χ2v) is 14.3. The molecule has 6 rings (SSSR count). The van der Waals surface area contributed by atoms with E-state index in [1.165, 1.54) is 41.3 Å². The van der Waals surface area contributed by atoms with Crippen LogP contribution in [0.4, 0.5) is 10.1 Å². The molecule has 3 aromatic rings. The second-order valence-electron chi connectivity index (χ2n) is 13.9. The SMILES string of the molecule is NC(CCCCNC(=O)CN1CC=C(c2cccc3c2CCN(C(=O)[C@H]2CC(c4cccc(Cl)c4F)=NO2)[C@@H]3C(=O)Nc2ccc(C(=O)O)cc2)CC1)C(=O)O. The number of hydrogen-bond acceptors (Lipinski definition) is 9. The van der Waals surface area contributed by atoms with Crippen LogP contribution in [0.25, 0.3) is 5.57 Å². The average molecular weight is 789 g/mol. The summed E-state index contributed by atoms with van der Waals surface area (Å²) in [7, 11) is 0. The fourth-order valence-electron chi connectivity index (χ4n) is 7.18. The zero-order valence-electron chi connectivity index (χ0n) is 30.4. The number of nitrogens with two attached hydrogens (primary N) is 1. The number of anilines is 1. The predicted molar refractivity (Wildman–Crippen MR) is 206 cm³/mol. The van der Waals surface area contributed by atoms with Crippen LogP contribution in [0.1, 0.15) is 70.8 Å². The standard InChI is InChI=1S/C40H42ClFN6O8/c41-30-8-4-7-29(35(30)42)32-21-33(56-46-32)38(51)48-20-16-27-26(5-3-6-28(27)36(48)37(50)45-25-12-10-24(11-13-25)39(52)53)23-14-18-47(19-15-23)22-34(49)44-17-2-1-9-31(43)40(54)55/h3-8,10-14,31,33,36H,1-2,9,15-22,43H2,(H,44,49)(H,45,50)(H,52,53)(H,54,55)/t31?,33-,36+/m1/s1. The Balaban J connectivity index is 1.17. The van der Waals surface area contributed by atoms with Gasteiger partial charge < -0.3 is 36.3 Å². The fraction of sp³-hybridized carbons (Fsp3) is 0.350. The molecule has 1 unspecified atom stereocenters. The van der Waals surface area contributed by atoms with Gasteiger partial charge in [0, 0.05) is 43.9 Å². The number of oxime groups is 1. The molecule has 3 aliphatic rings. The van der Waals surface area contributed by atoms with E-state index in [1.54, 1.807) is 6.07 Å². The number of aliphatic carboxylic acids is 1. The van der Waals surface area contributed by atoms with Crippen LogP contribution in [0.2, 0.25) is 5.02 Å². The van der Waals surface area contributed by atoms with E-state index in [9.17, 15) is 33.5 Å². The van der Waals surface area contributed by atoms with Crippen LogP contribution in [-0.4, -0.2) is 100 Å². The predicted octanol–water partition coefficient (Wildman–Crippen LogP) is 4.22. The molecule has 3 aliphatic heterocycles. The quantitative estimate of drug-likeness (QED) is 0.147. The summed E-state index contributed by atoms with van der Waals surface area (Å²) < 4.78 is 14.8. The number of amides is 3. The van der Waals surface area contributed by atoms with Crippen LogP contribution in [-0.2, 0) is 30.4 Å². The monoisotopic (exact) mass is 788 g/mol. The van der Waals surface area contributed by atoms with E-state index in [0.717, 1.165) is 16.7 Å². The first kappa shape index (κ1) is 40.0. The van der Waals surface area contributed by atoms with Gasteiger partial charge in [-0.2, -0.15) is 0 Å². The fourth-order valence-corrected chi connectivity index (χ4v) is 7.35. The number of rotatable bonds is 14. The molecule has 6 N–H and O–H groups in total. The van der Waals surface area contributed by atoms with E-state index in [4.69, 9.17) is 27.3 Å². The highest BCUT2D eigenvalue weighted by Crippen LogP contribution is 2.38. The van der Waals surface area contributed by atoms with Gasteiger partial charge in [-0.1, -0.05) is 47.1 Å². The number of aromatic carboxylic acids is 1. The summed E-state index contributed by atoms with van der Waals surface area (Å²) in [6, 6.07) is 13.8. The molecular weight excluding hydrogens is 747 g/mol. The Bertz CT molecular complexity index is 2080. The van der Waals surface area contributed by atoms with Crippen molar-refractivity contribution in [2.45, 2.75) is 56.7 Å². The van der Waals surface area contributed by atoms with Crippen LogP contribution in [0, 0.1) is 5.82 Å². The lowest BCUT2D eigenvalue weighted by Crippen LogP contribution is -2.49. The van der Waals surface area contributed by atoms with Crippen molar-refractivity contribution in [2.24, 2.45) is 10.9 Å². The van der Waals surface area contributed by atoms with E-state index >= 15 is 0 Å². The van der Waals surface area contributed by atoms with Crippen molar-refractivity contribution < 1.29 is 43.4 Å². The Labute approximate surface area is 327 Å². The average Bonchev–Trinajstić information content (AvgIpc) is 3.68. The third kappa shape index (κ3) is 9.24. The molecule has 3 amide bonds. The number of nitrogens with zero attached hydrogens (tertiary/aromatic N) is 3. The molecule has 3 atom stereocenters. The maximum atomic E-state index is 14.8. The van der Waals surface area contributed by atoms with Gasteiger partial charge >= 0.3 is 11.9 Å². The molecule has 3 heterocycles. The minimum absolute atomic E-state index is 0.0343. The number of nitrogens with one attached hydrogen (secondary N) is 2. The first-order valence-corrected chi connectivity index (χ1v) is 18.7. The Kier molecular flexibility index (Phi) is 12.8. The highest BCUT2D eigenvalue weighted by Gasteiger charge is 2.42. The van der Waals surface area contributed by atoms with Crippen molar-refractivity contribution in [1.82, 2.24) is 15.1 Å². The largest absolute Gasteiger partial charge is 0.480 e. The van der Waals surface area contributed by atoms with Crippen molar-refractivity contribution in [3.05, 3.63) is 105 Å². The summed E-state index contributed by atoms with van der Waals surface area (Å²) in [6.45, 7) is 1.94. The van der Waals surface area contributed by atoms with Crippen molar-refractivity contribution in [2.75, 3.05) is 38.0 Å². The number of carboxylic acid groups (broad SMARTS) is 2. The molecule has 16 heteroatoms. The van der Waals surface area contributed by atoms with Gasteiger partial charge in [0.2, 0.25) is 12.0 Å². The van der Waals surface area contributed by atoms with Crippen LogP contribution >= 0.6 is 11.6 Å². The second kappa shape index (κ2) is 17.9. The maximum absolute atomic E-state index is 14.8. The van der Waals surface area contributed by atoms with Crippen molar-refractivity contribution in [3.8, 4) is 0 Å². The van der Waals surface area contributed by atoms with Gasteiger partial charge in [-0.05, 0) is 90.8 Å². The summed E-state index contributed by atoms with van der Waals surface area (Å²) in [6.07, 6.45) is 3.55. The van der Waals surface area contributed by atoms with Gasteiger partial charge in [0.15, 0.2) is 5.82 Å². The molecule has 3 aromatic carbocycles. The van der Waals surface area contributed by atoms with Crippen molar-refractivity contribution in [3.63, 3.8) is 0 Å². The minimum atomic E-state index is -1.11. The molecule has 0 bridgehead atoms. The van der Waals surface area contributed by atoms with Gasteiger partial charge in [-0.25, -0.2) is 9.18 Å². The van der Waals surface area contributed by atoms with Crippen molar-refractivity contribution >= 4 is 58.2 Å². The first-order valence-electron chi connectivity index (χ1n) is 18.3. The molecule has 294 valence electrons. The molecular formula is C40H42ClFN6O8. The van der Waals surface area contributed by atoms with Gasteiger partial charge in [0.1, 0.15) is 12.1 Å². The summed E-state index contributed by atoms with van der Waals surface area (Å²) in [5, 5.41) is 27.9. The van der Waals surface area contributed by atoms with E-state index in [2.05, 4.69) is 21.9 Å². The Morgan fingerprint density at radius 3 is 2.45 bits per heavy atom. The molecule has 0 saturated heterocycles. The normalized spacial score (nSPS) is 18.5. The third-order valence-electron chi connectivity index (χ3n) is 10.1. The topological polar surface area (TPSA) is 204 Å². The van der Waals surface area contributed by atoms with Crippen LogP contribution in [0.15, 0.2) is 71.9 Å². The summed E-state index contributed by atoms with van der Waals surface area (Å²) in [4.78, 5) is 72.3. The first-order chi connectivity index (χ1) is 26.9. The number of halogens is 2. The molecule has 0 spiro atoms. The van der Waals surface area contributed by atoms with Gasteiger partial charge in [-0.3, -0.25) is 24.1 Å². The van der Waals surface area contributed by atoms with E-state index < -0.39 is 47.8 Å². The Morgan fingerprint density at radius 2 is 1.73 bits per heavy atom. The smallest absolute Gasteiger partial charge is 0.335 e. The van der Waals surface area contributed by atoms with Crippen LogP contribution in [0.3, 0.4) is 0 Å². The van der Waals surface area contributed by atoms with Gasteiger partial charge in [0.05, 0.1) is 22.8 Å². The van der Waals surface area contributed by atoms with Gasteiger partial charge in [0.25, 0.3) is 11.8 Å². The number of carbonyl (C=O) groups is 5. The van der Waals surface area contributed by atoms with Crippen LogP contribution in [0.5, 0.6) is 0 Å². The van der Waals surface area contributed by atoms with E-state index in [0.29, 0.717) is 63.0 Å². The number of hydrogen-bond donors (Lipinski definition) is 5. The third-order valence-corrected chi connectivity index (χ3v) is 10.4. The highest BCUT2D eigenvalue weighted by molar-refractivity contribution is 6.31. The lowest BCUT2D eigenvalue weighted by molar-refractivity contribution is -0.148. The Hall–Kier alpha value is -5.64. The number of carboxylic acids is 2. The number of carbonyl (C=O) groups excluding carboxylic acids is 3. The zero-order chi connectivity index (χ0) is 39.9. The van der Waals surface area contributed by atoms with Crippen molar-refractivity contribution in [1.29, 1.82) is 0 Å². The maximum Gasteiger partial charge on any atom is 0.335 e. The summed E-state index contributed by atoms with van der Waals surface area (Å²) in [5.41, 5.74) is 9.79. The lowest BCUT2D eigenvalue weighted by Gasteiger charge is -2.38. The number of unbranched alkanes of at least 4 members (excludes halogenated alkanes) is 1. The molecule has 0 fully saturated rings. The molecule has 14 nitrogen and oxygen atoms in total. The summed E-state index contributed by atoms with van der Waals surface area (Å²) in [5.74, 6) is -3.97. The molecule has 0 aromatic heterocycles. The zero-order valence-corrected chi connectivity index (χ0v) is 31.1. The molecule has 0 radical (unpaired) electrons. The Morgan fingerprint density at radius 1 is 0.982 bits per heavy atom. The summed E-state index contributed by atoms with van der Waals surface area (Å²) >= 11 is 5.98. The van der Waals surface area contributed by atoms with Gasteiger partial charge in [-0.15, -0.1) is 0 Å². The minimum Gasteiger partial charge on any atom is -0.480 e. The lowest BCUT2D eigenvalue weighted by atomic mass is 9.84. The molecule has 0 aliphatic carbocycles. The molecule has 56 heavy (non-hydrogen) atoms.